The molecular weight excluding hydrogens is 244 g/mol. The first-order valence-electron chi connectivity index (χ1n) is 5.33. The van der Waals surface area contributed by atoms with Gasteiger partial charge in [0.05, 0.1) is 0 Å². The van der Waals surface area contributed by atoms with Crippen molar-refractivity contribution < 1.29 is 9.90 Å². The summed E-state index contributed by atoms with van der Waals surface area (Å²) in [6.07, 6.45) is 1.97. The van der Waals surface area contributed by atoms with Crippen molar-refractivity contribution in [2.24, 2.45) is 0 Å². The fourth-order valence-electron chi connectivity index (χ4n) is 1.48. The molecule has 0 aromatic carbocycles. The van der Waals surface area contributed by atoms with Crippen LogP contribution in [0.5, 0.6) is 0 Å². The highest BCUT2D eigenvalue weighted by atomic mass is 32.2. The Labute approximate surface area is 102 Å². The van der Waals surface area contributed by atoms with Crippen molar-refractivity contribution in [3.8, 4) is 0 Å². The van der Waals surface area contributed by atoms with Gasteiger partial charge in [-0.05, 0) is 19.9 Å². The average Bonchev–Trinajstić information content (AvgIpc) is 3.04. The zero-order valence-electron chi connectivity index (χ0n) is 9.34. The quantitative estimate of drug-likeness (QED) is 0.604. The number of nitrogens with zero attached hydrogens (tertiary/aromatic N) is 2. The zero-order valence-corrected chi connectivity index (χ0v) is 10.2. The lowest BCUT2D eigenvalue weighted by Gasteiger charge is -2.10. The van der Waals surface area contributed by atoms with Crippen LogP contribution >= 0.6 is 11.8 Å². The van der Waals surface area contributed by atoms with Crippen LogP contribution in [0.4, 0.5) is 0 Å². The Morgan fingerprint density at radius 1 is 1.76 bits per heavy atom. The molecule has 1 aliphatic carbocycles. The zero-order chi connectivity index (χ0) is 12.4. The smallest absolute Gasteiger partial charge is 0.344 e. The average molecular weight is 258 g/mol. The maximum Gasteiger partial charge on any atom is 0.344 e. The molecule has 2 rings (SSSR count). The maximum atomic E-state index is 11.5. The van der Waals surface area contributed by atoms with Gasteiger partial charge >= 0.3 is 11.7 Å². The second-order valence-electron chi connectivity index (χ2n) is 3.90. The van der Waals surface area contributed by atoms with Gasteiger partial charge in [0.2, 0.25) is 0 Å². The third-order valence-electron chi connectivity index (χ3n) is 2.61. The van der Waals surface area contributed by atoms with Crippen LogP contribution in [0.15, 0.2) is 9.95 Å². The van der Waals surface area contributed by atoms with Crippen molar-refractivity contribution in [3.63, 3.8) is 0 Å². The van der Waals surface area contributed by atoms with E-state index in [-0.39, 0.29) is 11.7 Å². The lowest BCUT2D eigenvalue weighted by atomic mass is 10.3. The summed E-state index contributed by atoms with van der Waals surface area (Å²) < 4.78 is 1.61. The van der Waals surface area contributed by atoms with Crippen LogP contribution in [-0.4, -0.2) is 44.7 Å². The van der Waals surface area contributed by atoms with Gasteiger partial charge in [-0.2, -0.15) is 0 Å². The van der Waals surface area contributed by atoms with E-state index in [1.807, 2.05) is 0 Å². The highest BCUT2D eigenvalue weighted by molar-refractivity contribution is 7.99. The van der Waals surface area contributed by atoms with Crippen molar-refractivity contribution in [1.82, 2.24) is 20.1 Å². The number of carboxylic acid groups (broad SMARTS) is 1. The van der Waals surface area contributed by atoms with E-state index >= 15 is 0 Å². The Hall–Kier alpha value is -1.28. The maximum absolute atomic E-state index is 11.5. The number of likely N-dealkylation sites (N-methyl/N-ethyl adjacent to an activating group) is 1. The number of aliphatic carboxylic acids is 1. The molecule has 1 aromatic rings. The number of hydrogen-bond acceptors (Lipinski definition) is 5. The minimum atomic E-state index is -0.907. The summed E-state index contributed by atoms with van der Waals surface area (Å²) in [5.41, 5.74) is -0.216. The second-order valence-corrected chi connectivity index (χ2v) is 4.89. The molecule has 0 aliphatic heterocycles. The molecule has 0 amide bonds. The fourth-order valence-corrected chi connectivity index (χ4v) is 2.59. The number of rotatable bonds is 6. The molecule has 1 saturated carbocycles. The molecule has 94 valence electrons. The second kappa shape index (κ2) is 4.92. The topological polar surface area (TPSA) is 100 Å². The van der Waals surface area contributed by atoms with E-state index in [0.717, 1.165) is 12.8 Å². The van der Waals surface area contributed by atoms with Crippen LogP contribution in [-0.2, 0) is 4.79 Å². The van der Waals surface area contributed by atoms with Crippen LogP contribution in [0.3, 0.4) is 0 Å². The van der Waals surface area contributed by atoms with Gasteiger partial charge in [-0.1, -0.05) is 11.8 Å². The standard InChI is InChI=1S/C9H14N4O3S/c1-10-6(7(14)15)4-17-9-12-11-8(16)13(9)5-2-3-5/h5-6,10H,2-4H2,1H3,(H,11,16)(H,14,15). The number of aromatic nitrogens is 3. The predicted octanol–water partition coefficient (Wildman–Crippen LogP) is -0.329. The van der Waals surface area contributed by atoms with Gasteiger partial charge in [0.1, 0.15) is 6.04 Å². The van der Waals surface area contributed by atoms with Gasteiger partial charge in [-0.25, -0.2) is 9.89 Å². The summed E-state index contributed by atoms with van der Waals surface area (Å²) in [5, 5.41) is 18.4. The van der Waals surface area contributed by atoms with Crippen LogP contribution in [0.1, 0.15) is 18.9 Å². The molecule has 7 nitrogen and oxygen atoms in total. The Balaban J connectivity index is 2.03. The summed E-state index contributed by atoms with van der Waals surface area (Å²) in [6, 6.07) is -0.402. The van der Waals surface area contributed by atoms with E-state index < -0.39 is 12.0 Å². The highest BCUT2D eigenvalue weighted by Gasteiger charge is 2.29. The molecular formula is C9H14N4O3S. The normalized spacial score (nSPS) is 17.0. The molecule has 0 spiro atoms. The summed E-state index contributed by atoms with van der Waals surface area (Å²) in [6.45, 7) is 0. The molecule has 0 saturated heterocycles. The van der Waals surface area contributed by atoms with Crippen molar-refractivity contribution >= 4 is 17.7 Å². The first-order chi connectivity index (χ1) is 8.13. The fraction of sp³-hybridized carbons (Fsp3) is 0.667. The third kappa shape index (κ3) is 2.70. The highest BCUT2D eigenvalue weighted by Crippen LogP contribution is 2.36. The number of H-pyrrole nitrogens is 1. The summed E-state index contributed by atoms with van der Waals surface area (Å²) in [4.78, 5) is 22.3. The first kappa shape index (κ1) is 12.2. The van der Waals surface area contributed by atoms with Crippen LogP contribution in [0, 0.1) is 0 Å². The Kier molecular flexibility index (Phi) is 3.53. The number of carbonyl (C=O) groups is 1. The van der Waals surface area contributed by atoms with Gasteiger partial charge in [0, 0.05) is 11.8 Å². The lowest BCUT2D eigenvalue weighted by molar-refractivity contribution is -0.138. The molecule has 1 aromatic heterocycles. The third-order valence-corrected chi connectivity index (χ3v) is 3.66. The molecule has 1 atom stereocenters. The number of nitrogens with one attached hydrogen (secondary N) is 2. The molecule has 1 fully saturated rings. The molecule has 3 N–H and O–H groups in total. The molecule has 1 heterocycles. The number of aromatic amines is 1. The monoisotopic (exact) mass is 258 g/mol. The van der Waals surface area contributed by atoms with Crippen molar-refractivity contribution in [2.45, 2.75) is 30.1 Å². The van der Waals surface area contributed by atoms with Crippen molar-refractivity contribution in [1.29, 1.82) is 0 Å². The van der Waals surface area contributed by atoms with Crippen LogP contribution < -0.4 is 11.0 Å². The molecule has 8 heteroatoms. The van der Waals surface area contributed by atoms with Crippen LogP contribution in [0.2, 0.25) is 0 Å². The van der Waals surface area contributed by atoms with Gasteiger partial charge in [0.15, 0.2) is 5.16 Å². The largest absolute Gasteiger partial charge is 0.480 e. The summed E-state index contributed by atoms with van der Waals surface area (Å²) in [5.74, 6) is -0.570. The summed E-state index contributed by atoms with van der Waals surface area (Å²) >= 11 is 1.27. The van der Waals surface area contributed by atoms with Crippen molar-refractivity contribution in [2.75, 3.05) is 12.8 Å². The van der Waals surface area contributed by atoms with Gasteiger partial charge < -0.3 is 10.4 Å². The van der Waals surface area contributed by atoms with E-state index in [1.54, 1.807) is 11.6 Å². The van der Waals surface area contributed by atoms with E-state index in [1.165, 1.54) is 11.8 Å². The molecule has 1 unspecified atom stereocenters. The minimum absolute atomic E-state index is 0.216. The predicted molar refractivity (Wildman–Crippen MR) is 62.3 cm³/mol. The van der Waals surface area contributed by atoms with Crippen LogP contribution in [0.25, 0.3) is 0 Å². The van der Waals surface area contributed by atoms with Gasteiger partial charge in [-0.3, -0.25) is 9.36 Å². The van der Waals surface area contributed by atoms with Crippen molar-refractivity contribution in [3.05, 3.63) is 10.5 Å². The molecule has 1 aliphatic rings. The Bertz CT molecular complexity index is 465. The number of carboxylic acids is 1. The molecule has 17 heavy (non-hydrogen) atoms. The van der Waals surface area contributed by atoms with E-state index in [9.17, 15) is 9.59 Å². The van der Waals surface area contributed by atoms with Gasteiger partial charge in [-0.15, -0.1) is 5.10 Å². The molecule has 0 bridgehead atoms. The number of thioether (sulfide) groups is 1. The molecule has 0 radical (unpaired) electrons. The SMILES string of the molecule is CNC(CSc1n[nH]c(=O)n1C1CC1)C(=O)O. The lowest BCUT2D eigenvalue weighted by Crippen LogP contribution is -2.36. The Morgan fingerprint density at radius 3 is 3.00 bits per heavy atom. The Morgan fingerprint density at radius 2 is 2.47 bits per heavy atom. The van der Waals surface area contributed by atoms with Gasteiger partial charge in [0.25, 0.3) is 0 Å². The first-order valence-corrected chi connectivity index (χ1v) is 6.31. The van der Waals surface area contributed by atoms with E-state index in [0.29, 0.717) is 10.9 Å². The van der Waals surface area contributed by atoms with E-state index in [4.69, 9.17) is 5.11 Å². The summed E-state index contributed by atoms with van der Waals surface area (Å²) in [7, 11) is 1.60. The minimum Gasteiger partial charge on any atom is -0.480 e. The van der Waals surface area contributed by atoms with E-state index in [2.05, 4.69) is 15.5 Å². The number of hydrogen-bond donors (Lipinski definition) is 3.